The molecule has 19 heavy (non-hydrogen) atoms. The Bertz CT molecular complexity index is 694. The van der Waals surface area contributed by atoms with E-state index in [9.17, 15) is 9.90 Å². The van der Waals surface area contributed by atoms with Crippen LogP contribution < -0.4 is 5.11 Å². The van der Waals surface area contributed by atoms with E-state index in [0.717, 1.165) is 22.2 Å². The number of carbonyl (C=O) groups excluding carboxylic acids is 1. The molecule has 0 saturated carbocycles. The van der Waals surface area contributed by atoms with Gasteiger partial charge in [0.1, 0.15) is 5.82 Å². The largest absolute Gasteiger partial charge is 0.550 e. The van der Waals surface area contributed by atoms with Gasteiger partial charge in [-0.15, -0.1) is 0 Å². The standard InChI is InChI=1S/C15H14N2O2/c18-15(19)7-3-6-14-16-12-8-10-4-1-2-5-11(10)9-13(12)17-14/h1-2,4-5,8-9H,3,6-7H2,(H,16,17)(H,18,19)/p-1. The number of hydrogen-bond acceptors (Lipinski definition) is 3. The Hall–Kier alpha value is -2.36. The third kappa shape index (κ3) is 2.42. The molecule has 0 aliphatic carbocycles. The molecule has 4 nitrogen and oxygen atoms in total. The van der Waals surface area contributed by atoms with E-state index in [1.165, 1.54) is 5.39 Å². The van der Waals surface area contributed by atoms with Gasteiger partial charge in [0.2, 0.25) is 0 Å². The van der Waals surface area contributed by atoms with Crippen LogP contribution in [0.2, 0.25) is 0 Å². The van der Waals surface area contributed by atoms with Crippen molar-refractivity contribution in [1.82, 2.24) is 9.97 Å². The molecule has 0 fully saturated rings. The molecule has 3 rings (SSSR count). The number of aromatic amines is 1. The van der Waals surface area contributed by atoms with Gasteiger partial charge in [0.05, 0.1) is 11.0 Å². The van der Waals surface area contributed by atoms with Gasteiger partial charge in [-0.3, -0.25) is 0 Å². The van der Waals surface area contributed by atoms with Crippen LogP contribution in [0.1, 0.15) is 18.7 Å². The summed E-state index contributed by atoms with van der Waals surface area (Å²) >= 11 is 0. The number of carbonyl (C=O) groups is 1. The highest BCUT2D eigenvalue weighted by molar-refractivity contribution is 5.95. The molecular formula is C15H13N2O2-. The van der Waals surface area contributed by atoms with Crippen LogP contribution in [0.5, 0.6) is 0 Å². The van der Waals surface area contributed by atoms with Crippen molar-refractivity contribution in [3.8, 4) is 0 Å². The lowest BCUT2D eigenvalue weighted by atomic mass is 10.1. The molecule has 0 spiro atoms. The van der Waals surface area contributed by atoms with E-state index in [2.05, 4.69) is 28.2 Å². The lowest BCUT2D eigenvalue weighted by Crippen LogP contribution is -2.21. The molecule has 2 aromatic carbocycles. The first kappa shape index (κ1) is 11.7. The molecule has 1 heterocycles. The minimum Gasteiger partial charge on any atom is -0.550 e. The number of nitrogens with zero attached hydrogens (tertiary/aromatic N) is 1. The van der Waals surface area contributed by atoms with Crippen molar-refractivity contribution in [3.63, 3.8) is 0 Å². The summed E-state index contributed by atoms with van der Waals surface area (Å²) in [6.07, 6.45) is 1.24. The van der Waals surface area contributed by atoms with Gasteiger partial charge in [0, 0.05) is 12.4 Å². The maximum absolute atomic E-state index is 10.4. The van der Waals surface area contributed by atoms with E-state index in [1.807, 2.05) is 18.2 Å². The van der Waals surface area contributed by atoms with Gasteiger partial charge >= 0.3 is 0 Å². The second-order valence-electron chi connectivity index (χ2n) is 4.63. The number of benzene rings is 2. The number of aliphatic carboxylic acids is 1. The maximum atomic E-state index is 10.4. The number of fused-ring (bicyclic) bond motifs is 2. The van der Waals surface area contributed by atoms with Gasteiger partial charge in [-0.2, -0.15) is 0 Å². The number of aromatic nitrogens is 2. The van der Waals surface area contributed by atoms with Crippen molar-refractivity contribution >= 4 is 27.8 Å². The van der Waals surface area contributed by atoms with Gasteiger partial charge in [-0.1, -0.05) is 24.3 Å². The second kappa shape index (κ2) is 4.72. The molecule has 0 aliphatic rings. The highest BCUT2D eigenvalue weighted by Crippen LogP contribution is 2.21. The fourth-order valence-corrected chi connectivity index (χ4v) is 2.27. The second-order valence-corrected chi connectivity index (χ2v) is 4.63. The van der Waals surface area contributed by atoms with Gasteiger partial charge in [0.15, 0.2) is 0 Å². The van der Waals surface area contributed by atoms with Crippen LogP contribution in [0.15, 0.2) is 36.4 Å². The molecule has 0 atom stereocenters. The lowest BCUT2D eigenvalue weighted by Gasteiger charge is -1.98. The third-order valence-corrected chi connectivity index (χ3v) is 3.19. The summed E-state index contributed by atoms with van der Waals surface area (Å²) in [4.78, 5) is 18.1. The van der Waals surface area contributed by atoms with Crippen molar-refractivity contribution in [3.05, 3.63) is 42.2 Å². The SMILES string of the molecule is O=C([O-])CCCc1nc2cc3ccccc3cc2[nH]1. The summed E-state index contributed by atoms with van der Waals surface area (Å²) < 4.78 is 0. The molecule has 0 saturated heterocycles. The normalized spacial score (nSPS) is 11.2. The number of nitrogens with one attached hydrogen (secondary N) is 1. The summed E-state index contributed by atoms with van der Waals surface area (Å²) in [5.74, 6) is -0.187. The van der Waals surface area contributed by atoms with E-state index in [0.29, 0.717) is 12.8 Å². The molecule has 1 N–H and O–H groups in total. The number of carboxylic acids is 1. The van der Waals surface area contributed by atoms with Crippen LogP contribution in [-0.4, -0.2) is 15.9 Å². The number of rotatable bonds is 4. The predicted octanol–water partition coefficient (Wildman–Crippen LogP) is 1.79. The average molecular weight is 253 g/mol. The minimum absolute atomic E-state index is 0.0685. The van der Waals surface area contributed by atoms with Gasteiger partial charge in [0.25, 0.3) is 0 Å². The average Bonchev–Trinajstić information content (AvgIpc) is 2.77. The smallest absolute Gasteiger partial charge is 0.107 e. The monoisotopic (exact) mass is 253 g/mol. The van der Waals surface area contributed by atoms with Crippen LogP contribution in [-0.2, 0) is 11.2 Å². The quantitative estimate of drug-likeness (QED) is 0.770. The Balaban J connectivity index is 1.91. The maximum Gasteiger partial charge on any atom is 0.107 e. The number of imidazole rings is 1. The molecule has 1 aromatic heterocycles. The van der Waals surface area contributed by atoms with E-state index in [-0.39, 0.29) is 6.42 Å². The number of carboxylic acid groups (broad SMARTS) is 1. The number of aryl methyl sites for hydroxylation is 1. The van der Waals surface area contributed by atoms with E-state index >= 15 is 0 Å². The molecule has 96 valence electrons. The first-order valence-corrected chi connectivity index (χ1v) is 6.29. The topological polar surface area (TPSA) is 68.8 Å². The Morgan fingerprint density at radius 1 is 1.21 bits per heavy atom. The summed E-state index contributed by atoms with van der Waals surface area (Å²) in [6, 6.07) is 12.2. The van der Waals surface area contributed by atoms with Gasteiger partial charge in [-0.25, -0.2) is 4.98 Å². The van der Waals surface area contributed by atoms with Crippen molar-refractivity contribution in [2.45, 2.75) is 19.3 Å². The summed E-state index contributed by atoms with van der Waals surface area (Å²) in [5.41, 5.74) is 1.91. The van der Waals surface area contributed by atoms with Crippen LogP contribution in [0.25, 0.3) is 21.8 Å². The Morgan fingerprint density at radius 2 is 1.95 bits per heavy atom. The van der Waals surface area contributed by atoms with E-state index < -0.39 is 5.97 Å². The molecule has 3 aromatic rings. The minimum atomic E-state index is -1.01. The molecule has 0 aliphatic heterocycles. The highest BCUT2D eigenvalue weighted by atomic mass is 16.4. The van der Waals surface area contributed by atoms with Gasteiger partial charge < -0.3 is 14.9 Å². The van der Waals surface area contributed by atoms with E-state index in [1.54, 1.807) is 0 Å². The predicted molar refractivity (Wildman–Crippen MR) is 71.5 cm³/mol. The summed E-state index contributed by atoms with van der Waals surface area (Å²) in [5, 5.41) is 12.7. The zero-order valence-electron chi connectivity index (χ0n) is 10.3. The number of H-pyrrole nitrogens is 1. The first-order valence-electron chi connectivity index (χ1n) is 6.29. The Labute approximate surface area is 110 Å². The van der Waals surface area contributed by atoms with Crippen LogP contribution in [0, 0.1) is 0 Å². The third-order valence-electron chi connectivity index (χ3n) is 3.19. The molecular weight excluding hydrogens is 240 g/mol. The Kier molecular flexibility index (Phi) is 2.91. The molecule has 0 bridgehead atoms. The molecule has 0 amide bonds. The van der Waals surface area contributed by atoms with E-state index in [4.69, 9.17) is 0 Å². The van der Waals surface area contributed by atoms with Crippen molar-refractivity contribution in [2.75, 3.05) is 0 Å². The molecule has 0 radical (unpaired) electrons. The first-order chi connectivity index (χ1) is 9.22. The fraction of sp³-hybridized carbons (Fsp3) is 0.200. The zero-order valence-corrected chi connectivity index (χ0v) is 10.3. The van der Waals surface area contributed by atoms with Crippen LogP contribution in [0.3, 0.4) is 0 Å². The summed E-state index contributed by atoms with van der Waals surface area (Å²) in [7, 11) is 0. The lowest BCUT2D eigenvalue weighted by molar-refractivity contribution is -0.305. The fourth-order valence-electron chi connectivity index (χ4n) is 2.27. The molecule has 0 unspecified atom stereocenters. The highest BCUT2D eigenvalue weighted by Gasteiger charge is 2.04. The number of hydrogen-bond donors (Lipinski definition) is 1. The molecule has 4 heteroatoms. The van der Waals surface area contributed by atoms with Crippen LogP contribution >= 0.6 is 0 Å². The van der Waals surface area contributed by atoms with Crippen LogP contribution in [0.4, 0.5) is 0 Å². The van der Waals surface area contributed by atoms with Crippen molar-refractivity contribution in [1.29, 1.82) is 0 Å². The van der Waals surface area contributed by atoms with Crippen molar-refractivity contribution < 1.29 is 9.90 Å². The van der Waals surface area contributed by atoms with Gasteiger partial charge in [-0.05, 0) is 35.7 Å². The summed E-state index contributed by atoms with van der Waals surface area (Å²) in [6.45, 7) is 0. The zero-order chi connectivity index (χ0) is 13.2. The van der Waals surface area contributed by atoms with Crippen molar-refractivity contribution in [2.24, 2.45) is 0 Å². The Morgan fingerprint density at radius 3 is 2.68 bits per heavy atom.